The van der Waals surface area contributed by atoms with Gasteiger partial charge in [0.15, 0.2) is 0 Å². The van der Waals surface area contributed by atoms with Crippen molar-refractivity contribution in [3.63, 3.8) is 0 Å². The smallest absolute Gasteiger partial charge is 0.0902 e. The Morgan fingerprint density at radius 1 is 1.38 bits per heavy atom. The van der Waals surface area contributed by atoms with E-state index in [0.29, 0.717) is 13.0 Å². The van der Waals surface area contributed by atoms with Gasteiger partial charge in [0, 0.05) is 17.2 Å². The third kappa shape index (κ3) is 3.79. The first-order valence-corrected chi connectivity index (χ1v) is 5.33. The Kier molecular flexibility index (Phi) is 4.86. The molecule has 2 N–H and O–H groups in total. The van der Waals surface area contributed by atoms with Crippen molar-refractivity contribution in [2.45, 2.75) is 17.9 Å². The molecule has 0 spiro atoms. The zero-order valence-corrected chi connectivity index (χ0v) is 8.32. The second-order valence-corrected chi connectivity index (χ2v) is 3.91. The van der Waals surface area contributed by atoms with Gasteiger partial charge in [-0.2, -0.15) is 0 Å². The number of alkyl halides is 1. The molecule has 0 radical (unpaired) electrons. The quantitative estimate of drug-likeness (QED) is 0.582. The van der Waals surface area contributed by atoms with E-state index in [1.54, 1.807) is 11.8 Å². The van der Waals surface area contributed by atoms with Gasteiger partial charge in [-0.1, -0.05) is 12.1 Å². The maximum absolute atomic E-state index is 11.8. The van der Waals surface area contributed by atoms with Crippen molar-refractivity contribution in [3.05, 3.63) is 29.8 Å². The van der Waals surface area contributed by atoms with Crippen LogP contribution in [-0.2, 0) is 6.54 Å². The summed E-state index contributed by atoms with van der Waals surface area (Å²) in [6, 6.07) is 8.07. The molecule has 0 saturated heterocycles. The van der Waals surface area contributed by atoms with Crippen LogP contribution in [0.4, 0.5) is 4.39 Å². The van der Waals surface area contributed by atoms with Crippen LogP contribution < -0.4 is 5.73 Å². The van der Waals surface area contributed by atoms with E-state index in [1.807, 2.05) is 18.2 Å². The van der Waals surface area contributed by atoms with Gasteiger partial charge in [0.2, 0.25) is 0 Å². The topological polar surface area (TPSA) is 26.0 Å². The van der Waals surface area contributed by atoms with E-state index in [4.69, 9.17) is 5.73 Å². The van der Waals surface area contributed by atoms with Crippen LogP contribution in [0.5, 0.6) is 0 Å². The molecule has 0 aliphatic carbocycles. The molecule has 0 unspecified atom stereocenters. The molecule has 72 valence electrons. The molecule has 3 heteroatoms. The molecule has 1 nitrogen and oxygen atoms in total. The summed E-state index contributed by atoms with van der Waals surface area (Å²) in [5.74, 6) is 0.838. The van der Waals surface area contributed by atoms with Gasteiger partial charge in [0.25, 0.3) is 0 Å². The maximum atomic E-state index is 11.8. The number of nitrogens with two attached hydrogens (primary N) is 1. The summed E-state index contributed by atoms with van der Waals surface area (Å²) < 4.78 is 11.8. The molecule has 1 aromatic carbocycles. The van der Waals surface area contributed by atoms with Crippen LogP contribution in [0.3, 0.4) is 0 Å². The summed E-state index contributed by atoms with van der Waals surface area (Å²) in [5, 5.41) is 0. The molecule has 0 aromatic heterocycles. The summed E-state index contributed by atoms with van der Waals surface area (Å²) in [4.78, 5) is 1.18. The van der Waals surface area contributed by atoms with E-state index in [2.05, 4.69) is 6.07 Å². The molecular formula is C10H14FNS. The van der Waals surface area contributed by atoms with Gasteiger partial charge in [-0.15, -0.1) is 11.8 Å². The zero-order valence-electron chi connectivity index (χ0n) is 7.50. The molecule has 0 saturated carbocycles. The monoisotopic (exact) mass is 199 g/mol. The Morgan fingerprint density at radius 3 is 2.92 bits per heavy atom. The molecule has 1 rings (SSSR count). The molecule has 0 fully saturated rings. The van der Waals surface area contributed by atoms with E-state index in [0.717, 1.165) is 11.3 Å². The maximum Gasteiger partial charge on any atom is 0.0902 e. The minimum atomic E-state index is -0.233. The van der Waals surface area contributed by atoms with E-state index < -0.39 is 0 Å². The Hall–Kier alpha value is -0.540. The molecule has 0 aliphatic rings. The summed E-state index contributed by atoms with van der Waals surface area (Å²) >= 11 is 1.68. The second kappa shape index (κ2) is 6.00. The molecule has 13 heavy (non-hydrogen) atoms. The van der Waals surface area contributed by atoms with E-state index in [1.165, 1.54) is 4.90 Å². The number of rotatable bonds is 5. The highest BCUT2D eigenvalue weighted by molar-refractivity contribution is 7.99. The van der Waals surface area contributed by atoms with Crippen LogP contribution in [0.2, 0.25) is 0 Å². The average molecular weight is 199 g/mol. The Labute approximate surface area is 82.5 Å². The second-order valence-electron chi connectivity index (χ2n) is 2.74. The minimum absolute atomic E-state index is 0.233. The largest absolute Gasteiger partial charge is 0.326 e. The molecule has 0 heterocycles. The van der Waals surface area contributed by atoms with Crippen molar-refractivity contribution in [1.29, 1.82) is 0 Å². The van der Waals surface area contributed by atoms with Gasteiger partial charge in [-0.25, -0.2) is 0 Å². The van der Waals surface area contributed by atoms with Crippen molar-refractivity contribution in [2.24, 2.45) is 5.73 Å². The molecule has 1 aromatic rings. The van der Waals surface area contributed by atoms with Crippen molar-refractivity contribution in [2.75, 3.05) is 12.4 Å². The number of hydrogen-bond acceptors (Lipinski definition) is 2. The standard InChI is InChI=1S/C10H14FNS/c11-5-2-6-13-10-4-1-3-9(7-10)8-12/h1,3-4,7H,2,5-6,8,12H2. The third-order valence-electron chi connectivity index (χ3n) is 1.68. The van der Waals surface area contributed by atoms with Crippen LogP contribution >= 0.6 is 11.8 Å². The fourth-order valence-electron chi connectivity index (χ4n) is 1.01. The Morgan fingerprint density at radius 2 is 2.23 bits per heavy atom. The summed E-state index contributed by atoms with van der Waals surface area (Å²) in [7, 11) is 0. The number of thioether (sulfide) groups is 1. The number of hydrogen-bond donors (Lipinski definition) is 1. The van der Waals surface area contributed by atoms with Gasteiger partial charge in [-0.3, -0.25) is 4.39 Å². The lowest BCUT2D eigenvalue weighted by molar-refractivity contribution is 0.489. The molecule has 0 bridgehead atoms. The first-order chi connectivity index (χ1) is 6.36. The molecular weight excluding hydrogens is 185 g/mol. The lowest BCUT2D eigenvalue weighted by Gasteiger charge is -2.01. The Bertz CT molecular complexity index is 252. The third-order valence-corrected chi connectivity index (χ3v) is 2.76. The number of halogens is 1. The SMILES string of the molecule is NCc1cccc(SCCCF)c1. The molecule has 0 atom stereocenters. The molecule has 0 aliphatic heterocycles. The highest BCUT2D eigenvalue weighted by atomic mass is 32.2. The predicted molar refractivity (Wildman–Crippen MR) is 55.6 cm³/mol. The fourth-order valence-corrected chi connectivity index (χ4v) is 1.91. The van der Waals surface area contributed by atoms with E-state index in [9.17, 15) is 4.39 Å². The van der Waals surface area contributed by atoms with Crippen LogP contribution in [-0.4, -0.2) is 12.4 Å². The average Bonchev–Trinajstić information content (AvgIpc) is 2.19. The van der Waals surface area contributed by atoms with Gasteiger partial charge in [-0.05, 0) is 24.1 Å². The van der Waals surface area contributed by atoms with Gasteiger partial charge >= 0.3 is 0 Å². The highest BCUT2D eigenvalue weighted by Crippen LogP contribution is 2.19. The van der Waals surface area contributed by atoms with E-state index in [-0.39, 0.29) is 6.67 Å². The van der Waals surface area contributed by atoms with Crippen LogP contribution in [0.25, 0.3) is 0 Å². The fraction of sp³-hybridized carbons (Fsp3) is 0.400. The normalized spacial score (nSPS) is 10.3. The zero-order chi connectivity index (χ0) is 9.52. The Balaban J connectivity index is 2.46. The van der Waals surface area contributed by atoms with Crippen LogP contribution in [0, 0.1) is 0 Å². The van der Waals surface area contributed by atoms with Gasteiger partial charge < -0.3 is 5.73 Å². The highest BCUT2D eigenvalue weighted by Gasteiger charge is 1.95. The first-order valence-electron chi connectivity index (χ1n) is 4.34. The van der Waals surface area contributed by atoms with Gasteiger partial charge in [0.05, 0.1) is 6.67 Å². The molecule has 0 amide bonds. The summed E-state index contributed by atoms with van der Waals surface area (Å²) in [6.45, 7) is 0.334. The van der Waals surface area contributed by atoms with Crippen molar-refractivity contribution >= 4 is 11.8 Å². The van der Waals surface area contributed by atoms with Crippen molar-refractivity contribution < 1.29 is 4.39 Å². The van der Waals surface area contributed by atoms with Gasteiger partial charge in [0.1, 0.15) is 0 Å². The first kappa shape index (κ1) is 10.5. The van der Waals surface area contributed by atoms with Crippen LogP contribution in [0.1, 0.15) is 12.0 Å². The summed E-state index contributed by atoms with van der Waals surface area (Å²) in [5.41, 5.74) is 6.63. The lowest BCUT2D eigenvalue weighted by atomic mass is 10.2. The predicted octanol–water partition coefficient (Wildman–Crippen LogP) is 2.60. The minimum Gasteiger partial charge on any atom is -0.326 e. The van der Waals surface area contributed by atoms with E-state index >= 15 is 0 Å². The van der Waals surface area contributed by atoms with Crippen molar-refractivity contribution in [3.8, 4) is 0 Å². The lowest BCUT2D eigenvalue weighted by Crippen LogP contribution is -1.95. The number of benzene rings is 1. The van der Waals surface area contributed by atoms with Crippen molar-refractivity contribution in [1.82, 2.24) is 0 Å². The van der Waals surface area contributed by atoms with Crippen LogP contribution in [0.15, 0.2) is 29.2 Å². The summed E-state index contributed by atoms with van der Waals surface area (Å²) in [6.07, 6.45) is 0.623.